The van der Waals surface area contributed by atoms with Crippen molar-refractivity contribution < 1.29 is 19.1 Å². The van der Waals surface area contributed by atoms with E-state index in [1.165, 1.54) is 0 Å². The quantitative estimate of drug-likeness (QED) is 0.611. The summed E-state index contributed by atoms with van der Waals surface area (Å²) in [5.41, 5.74) is 1.65. The Morgan fingerprint density at radius 2 is 1.87 bits per heavy atom. The van der Waals surface area contributed by atoms with Crippen LogP contribution in [0.4, 0.5) is 0 Å². The van der Waals surface area contributed by atoms with Gasteiger partial charge in [-0.1, -0.05) is 18.2 Å². The highest BCUT2D eigenvalue weighted by Crippen LogP contribution is 2.28. The zero-order valence-corrected chi connectivity index (χ0v) is 19.0. The van der Waals surface area contributed by atoms with Crippen LogP contribution in [0.5, 0.6) is 11.5 Å². The van der Waals surface area contributed by atoms with Crippen molar-refractivity contribution in [2.45, 2.75) is 43.5 Å². The lowest BCUT2D eigenvalue weighted by molar-refractivity contribution is -0.122. The SMILES string of the molecule is CCOc1ccc(CCC(=O)NC2CCN(C(=O)c3ccccc3S)CC2)cc1OC. The molecule has 0 aromatic heterocycles. The summed E-state index contributed by atoms with van der Waals surface area (Å²) in [4.78, 5) is 27.7. The smallest absolute Gasteiger partial charge is 0.254 e. The summed E-state index contributed by atoms with van der Waals surface area (Å²) in [7, 11) is 1.61. The van der Waals surface area contributed by atoms with E-state index in [9.17, 15) is 9.59 Å². The minimum atomic E-state index is -0.000164. The van der Waals surface area contributed by atoms with Crippen molar-refractivity contribution in [1.29, 1.82) is 0 Å². The number of amides is 2. The van der Waals surface area contributed by atoms with Crippen molar-refractivity contribution in [3.8, 4) is 11.5 Å². The Morgan fingerprint density at radius 1 is 1.13 bits per heavy atom. The predicted molar refractivity (Wildman–Crippen MR) is 123 cm³/mol. The van der Waals surface area contributed by atoms with Crippen molar-refractivity contribution in [2.24, 2.45) is 0 Å². The van der Waals surface area contributed by atoms with Gasteiger partial charge >= 0.3 is 0 Å². The molecule has 1 heterocycles. The molecule has 0 aliphatic carbocycles. The number of aryl methyl sites for hydroxylation is 1. The molecule has 7 heteroatoms. The molecule has 31 heavy (non-hydrogen) atoms. The number of carbonyl (C=O) groups is 2. The highest BCUT2D eigenvalue weighted by atomic mass is 32.1. The Kier molecular flexibility index (Phi) is 8.23. The van der Waals surface area contributed by atoms with E-state index < -0.39 is 0 Å². The summed E-state index contributed by atoms with van der Waals surface area (Å²) in [6, 6.07) is 13.2. The van der Waals surface area contributed by atoms with Crippen LogP contribution < -0.4 is 14.8 Å². The molecule has 1 fully saturated rings. The maximum Gasteiger partial charge on any atom is 0.254 e. The number of nitrogens with zero attached hydrogens (tertiary/aromatic N) is 1. The number of piperidine rings is 1. The first-order valence-electron chi connectivity index (χ1n) is 10.7. The number of nitrogens with one attached hydrogen (secondary N) is 1. The largest absolute Gasteiger partial charge is 0.493 e. The number of rotatable bonds is 8. The lowest BCUT2D eigenvalue weighted by Crippen LogP contribution is -2.46. The second-order valence-electron chi connectivity index (χ2n) is 7.57. The third kappa shape index (κ3) is 6.17. The van der Waals surface area contributed by atoms with Gasteiger partial charge < -0.3 is 19.7 Å². The van der Waals surface area contributed by atoms with Crippen LogP contribution in [0.3, 0.4) is 0 Å². The van der Waals surface area contributed by atoms with Crippen molar-refractivity contribution >= 4 is 24.4 Å². The Labute approximate surface area is 189 Å². The molecule has 1 aliphatic rings. The van der Waals surface area contributed by atoms with E-state index in [-0.39, 0.29) is 17.9 Å². The Bertz CT molecular complexity index is 910. The topological polar surface area (TPSA) is 67.9 Å². The van der Waals surface area contributed by atoms with Gasteiger partial charge in [0.1, 0.15) is 0 Å². The molecular formula is C24H30N2O4S. The molecule has 1 N–H and O–H groups in total. The van der Waals surface area contributed by atoms with Crippen molar-refractivity contribution in [3.05, 3.63) is 53.6 Å². The van der Waals surface area contributed by atoms with E-state index in [2.05, 4.69) is 17.9 Å². The summed E-state index contributed by atoms with van der Waals surface area (Å²) in [5, 5.41) is 3.11. The van der Waals surface area contributed by atoms with Crippen LogP contribution in [0.25, 0.3) is 0 Å². The number of ether oxygens (including phenoxy) is 2. The van der Waals surface area contributed by atoms with Gasteiger partial charge in [-0.15, -0.1) is 12.6 Å². The zero-order valence-electron chi connectivity index (χ0n) is 18.1. The maximum atomic E-state index is 12.7. The fourth-order valence-electron chi connectivity index (χ4n) is 3.75. The van der Waals surface area contributed by atoms with Crippen LogP contribution in [0.2, 0.25) is 0 Å². The lowest BCUT2D eigenvalue weighted by Gasteiger charge is -2.32. The van der Waals surface area contributed by atoms with Gasteiger partial charge in [-0.05, 0) is 56.0 Å². The standard InChI is InChI=1S/C24H30N2O4S/c1-3-30-20-10-8-17(16-21(20)29-2)9-11-23(27)25-18-12-14-26(15-13-18)24(28)19-6-4-5-7-22(19)31/h4-8,10,16,18,31H,3,9,11-15H2,1-2H3,(H,25,27). The fraction of sp³-hybridized carbons (Fsp3) is 0.417. The second-order valence-corrected chi connectivity index (χ2v) is 8.05. The van der Waals surface area contributed by atoms with Crippen molar-refractivity contribution in [2.75, 3.05) is 26.8 Å². The molecule has 166 valence electrons. The average molecular weight is 443 g/mol. The first-order valence-corrected chi connectivity index (χ1v) is 11.1. The minimum Gasteiger partial charge on any atom is -0.493 e. The predicted octanol–water partition coefficient (Wildman–Crippen LogP) is 3.74. The van der Waals surface area contributed by atoms with Crippen LogP contribution >= 0.6 is 12.6 Å². The summed E-state index contributed by atoms with van der Waals surface area (Å²) < 4.78 is 10.9. The van der Waals surface area contributed by atoms with E-state index in [0.29, 0.717) is 54.5 Å². The van der Waals surface area contributed by atoms with E-state index in [1.54, 1.807) is 13.2 Å². The van der Waals surface area contributed by atoms with Crippen LogP contribution in [0.15, 0.2) is 47.4 Å². The zero-order chi connectivity index (χ0) is 22.2. The molecule has 0 bridgehead atoms. The monoisotopic (exact) mass is 442 g/mol. The summed E-state index contributed by atoms with van der Waals surface area (Å²) >= 11 is 4.38. The van der Waals surface area contributed by atoms with Gasteiger partial charge in [-0.3, -0.25) is 9.59 Å². The summed E-state index contributed by atoms with van der Waals surface area (Å²) in [5.74, 6) is 1.41. The maximum absolute atomic E-state index is 12.7. The molecule has 0 saturated carbocycles. The molecular weight excluding hydrogens is 412 g/mol. The molecule has 3 rings (SSSR count). The third-order valence-corrected chi connectivity index (χ3v) is 5.84. The fourth-order valence-corrected chi connectivity index (χ4v) is 4.01. The van der Waals surface area contributed by atoms with E-state index in [0.717, 1.165) is 18.4 Å². The number of methoxy groups -OCH3 is 1. The number of likely N-dealkylation sites (tertiary alicyclic amines) is 1. The highest BCUT2D eigenvalue weighted by molar-refractivity contribution is 7.80. The Hall–Kier alpha value is -2.67. The second kappa shape index (κ2) is 11.1. The minimum absolute atomic E-state index is 0.000164. The number of benzene rings is 2. The highest BCUT2D eigenvalue weighted by Gasteiger charge is 2.25. The molecule has 0 radical (unpaired) electrons. The average Bonchev–Trinajstić information content (AvgIpc) is 2.79. The molecule has 2 aromatic carbocycles. The Morgan fingerprint density at radius 3 is 2.55 bits per heavy atom. The van der Waals surface area contributed by atoms with Crippen molar-refractivity contribution in [1.82, 2.24) is 10.2 Å². The van der Waals surface area contributed by atoms with Gasteiger partial charge in [0, 0.05) is 30.4 Å². The molecule has 0 spiro atoms. The van der Waals surface area contributed by atoms with Gasteiger partial charge in [-0.2, -0.15) is 0 Å². The van der Waals surface area contributed by atoms with E-state index >= 15 is 0 Å². The first kappa shape index (κ1) is 23.0. The van der Waals surface area contributed by atoms with Gasteiger partial charge in [0.15, 0.2) is 11.5 Å². The van der Waals surface area contributed by atoms with E-state index in [1.807, 2.05) is 48.2 Å². The van der Waals surface area contributed by atoms with Gasteiger partial charge in [0.25, 0.3) is 5.91 Å². The number of thiol groups is 1. The molecule has 6 nitrogen and oxygen atoms in total. The summed E-state index contributed by atoms with van der Waals surface area (Å²) in [6.45, 7) is 3.75. The normalized spacial score (nSPS) is 14.2. The van der Waals surface area contributed by atoms with Crippen LogP contribution in [-0.2, 0) is 11.2 Å². The first-order chi connectivity index (χ1) is 15.0. The molecule has 1 saturated heterocycles. The van der Waals surface area contributed by atoms with Crippen LogP contribution in [0, 0.1) is 0 Å². The van der Waals surface area contributed by atoms with Crippen molar-refractivity contribution in [3.63, 3.8) is 0 Å². The molecule has 1 aliphatic heterocycles. The molecule has 0 atom stereocenters. The van der Waals surface area contributed by atoms with Gasteiger partial charge in [0.05, 0.1) is 19.3 Å². The lowest BCUT2D eigenvalue weighted by atomic mass is 10.0. The molecule has 0 unspecified atom stereocenters. The summed E-state index contributed by atoms with van der Waals surface area (Å²) in [6.07, 6.45) is 2.54. The number of hydrogen-bond acceptors (Lipinski definition) is 5. The number of hydrogen-bond donors (Lipinski definition) is 2. The third-order valence-electron chi connectivity index (χ3n) is 5.45. The van der Waals surface area contributed by atoms with Crippen LogP contribution in [-0.4, -0.2) is 49.6 Å². The van der Waals surface area contributed by atoms with Gasteiger partial charge in [-0.25, -0.2) is 0 Å². The van der Waals surface area contributed by atoms with Gasteiger partial charge in [0.2, 0.25) is 5.91 Å². The van der Waals surface area contributed by atoms with Crippen LogP contribution in [0.1, 0.15) is 42.1 Å². The molecule has 2 aromatic rings. The van der Waals surface area contributed by atoms with E-state index in [4.69, 9.17) is 9.47 Å². The Balaban J connectivity index is 1.45. The molecule has 2 amide bonds. The number of carbonyl (C=O) groups excluding carboxylic acids is 2.